The van der Waals surface area contributed by atoms with Crippen LogP contribution < -0.4 is 21.5 Å². The molecule has 0 aliphatic rings. The fourth-order valence-corrected chi connectivity index (χ4v) is 4.65. The molecule has 4 N–H and O–H groups in total. The second-order valence-electron chi connectivity index (χ2n) is 7.75. The lowest BCUT2D eigenvalue weighted by Gasteiger charge is -2.22. The highest BCUT2D eigenvalue weighted by Gasteiger charge is 2.26. The van der Waals surface area contributed by atoms with Gasteiger partial charge in [-0.25, -0.2) is 13.2 Å². The van der Waals surface area contributed by atoms with Crippen molar-refractivity contribution in [1.82, 2.24) is 20.5 Å². The maximum atomic E-state index is 12.7. The van der Waals surface area contributed by atoms with Gasteiger partial charge in [-0.1, -0.05) is 52.0 Å². The van der Waals surface area contributed by atoms with E-state index in [1.165, 1.54) is 28.6 Å². The predicted molar refractivity (Wildman–Crippen MR) is 129 cm³/mol. The zero-order valence-corrected chi connectivity index (χ0v) is 20.5. The van der Waals surface area contributed by atoms with Crippen molar-refractivity contribution in [3.05, 3.63) is 60.2 Å². The number of carbonyl (C=O) groups is 3. The predicted octanol–water partition coefficient (Wildman–Crippen LogP) is 2.32. The first-order valence-electron chi connectivity index (χ1n) is 10.9. The van der Waals surface area contributed by atoms with Crippen LogP contribution in [0.25, 0.3) is 0 Å². The SMILES string of the molecule is CCN(CC)S(=O)(=O)c1cccc(C(=O)NNC(=O)C(NC(=O)Nc2ccccc2)C(C)C)c1. The molecule has 1 atom stereocenters. The maximum absolute atomic E-state index is 12.7. The van der Waals surface area contributed by atoms with Gasteiger partial charge in [-0.2, -0.15) is 4.31 Å². The van der Waals surface area contributed by atoms with Crippen LogP contribution in [0.2, 0.25) is 0 Å². The van der Waals surface area contributed by atoms with Crippen LogP contribution in [0.1, 0.15) is 38.1 Å². The van der Waals surface area contributed by atoms with Crippen LogP contribution in [-0.2, 0) is 14.8 Å². The molecule has 11 heteroatoms. The Hall–Kier alpha value is -3.44. The molecule has 0 saturated heterocycles. The summed E-state index contributed by atoms with van der Waals surface area (Å²) in [6, 6.07) is 12.8. The van der Waals surface area contributed by atoms with Crippen molar-refractivity contribution in [2.45, 2.75) is 38.6 Å². The van der Waals surface area contributed by atoms with Gasteiger partial charge in [0.05, 0.1) is 4.90 Å². The molecule has 0 saturated carbocycles. The van der Waals surface area contributed by atoms with E-state index in [2.05, 4.69) is 21.5 Å². The molecule has 10 nitrogen and oxygen atoms in total. The third-order valence-electron chi connectivity index (χ3n) is 5.01. The van der Waals surface area contributed by atoms with Gasteiger partial charge in [-0.05, 0) is 36.2 Å². The van der Waals surface area contributed by atoms with Crippen LogP contribution >= 0.6 is 0 Å². The smallest absolute Gasteiger partial charge is 0.319 e. The molecule has 2 aromatic rings. The molecular formula is C23H31N5O5S. The lowest BCUT2D eigenvalue weighted by molar-refractivity contribution is -0.124. The summed E-state index contributed by atoms with van der Waals surface area (Å²) >= 11 is 0. The van der Waals surface area contributed by atoms with Gasteiger partial charge in [0, 0.05) is 24.3 Å². The van der Waals surface area contributed by atoms with Crippen molar-refractivity contribution in [1.29, 1.82) is 0 Å². The van der Waals surface area contributed by atoms with Gasteiger partial charge in [0.2, 0.25) is 10.0 Å². The zero-order valence-electron chi connectivity index (χ0n) is 19.7. The molecule has 0 aliphatic carbocycles. The van der Waals surface area contributed by atoms with Crippen LogP contribution in [0.15, 0.2) is 59.5 Å². The number of sulfonamides is 1. The van der Waals surface area contributed by atoms with Crippen molar-refractivity contribution < 1.29 is 22.8 Å². The molecule has 0 radical (unpaired) electrons. The molecular weight excluding hydrogens is 458 g/mol. The molecule has 0 bridgehead atoms. The van der Waals surface area contributed by atoms with Crippen LogP contribution in [0, 0.1) is 5.92 Å². The number of para-hydroxylation sites is 1. The Morgan fingerprint density at radius 3 is 2.15 bits per heavy atom. The van der Waals surface area contributed by atoms with Gasteiger partial charge in [-0.15, -0.1) is 0 Å². The molecule has 34 heavy (non-hydrogen) atoms. The Bertz CT molecular complexity index is 1100. The number of carbonyl (C=O) groups excluding carboxylic acids is 3. The van der Waals surface area contributed by atoms with E-state index in [1.807, 2.05) is 6.07 Å². The van der Waals surface area contributed by atoms with Crippen LogP contribution in [0.3, 0.4) is 0 Å². The number of hydrogen-bond donors (Lipinski definition) is 4. The third-order valence-corrected chi connectivity index (χ3v) is 7.05. The van der Waals surface area contributed by atoms with Crippen molar-refractivity contribution in [2.75, 3.05) is 18.4 Å². The molecule has 1 unspecified atom stereocenters. The summed E-state index contributed by atoms with van der Waals surface area (Å²) < 4.78 is 26.7. The summed E-state index contributed by atoms with van der Waals surface area (Å²) in [4.78, 5) is 37.4. The molecule has 0 aromatic heterocycles. The summed E-state index contributed by atoms with van der Waals surface area (Å²) in [6.07, 6.45) is 0. The fourth-order valence-electron chi connectivity index (χ4n) is 3.14. The van der Waals surface area contributed by atoms with Gasteiger partial charge >= 0.3 is 6.03 Å². The minimum Gasteiger partial charge on any atom is -0.326 e. The molecule has 2 rings (SSSR count). The average molecular weight is 490 g/mol. The fraction of sp³-hybridized carbons (Fsp3) is 0.348. The molecule has 0 spiro atoms. The van der Waals surface area contributed by atoms with E-state index >= 15 is 0 Å². The number of rotatable bonds is 9. The van der Waals surface area contributed by atoms with Crippen LogP contribution in [0.5, 0.6) is 0 Å². The Labute approximate surface area is 200 Å². The summed E-state index contributed by atoms with van der Waals surface area (Å²) in [7, 11) is -3.74. The summed E-state index contributed by atoms with van der Waals surface area (Å²) in [5.74, 6) is -1.60. The third kappa shape index (κ3) is 7.03. The van der Waals surface area contributed by atoms with E-state index in [0.717, 1.165) is 0 Å². The first-order valence-corrected chi connectivity index (χ1v) is 12.4. The van der Waals surface area contributed by atoms with Crippen LogP contribution in [0.4, 0.5) is 10.5 Å². The lowest BCUT2D eigenvalue weighted by Crippen LogP contribution is -2.55. The topological polar surface area (TPSA) is 137 Å². The van der Waals surface area contributed by atoms with E-state index in [-0.39, 0.29) is 16.4 Å². The second-order valence-corrected chi connectivity index (χ2v) is 9.68. The molecule has 2 aromatic carbocycles. The lowest BCUT2D eigenvalue weighted by atomic mass is 10.0. The second kappa shape index (κ2) is 12.1. The first-order chi connectivity index (χ1) is 16.1. The minimum absolute atomic E-state index is 0.0190. The van der Waals surface area contributed by atoms with Gasteiger partial charge in [0.1, 0.15) is 6.04 Å². The van der Waals surface area contributed by atoms with E-state index in [4.69, 9.17) is 0 Å². The Kier molecular flexibility index (Phi) is 9.58. The van der Waals surface area contributed by atoms with Crippen molar-refractivity contribution in [3.63, 3.8) is 0 Å². The summed E-state index contributed by atoms with van der Waals surface area (Å²) in [5, 5.41) is 5.22. The Morgan fingerprint density at radius 1 is 0.912 bits per heavy atom. The van der Waals surface area contributed by atoms with Gasteiger partial charge in [0.15, 0.2) is 0 Å². The van der Waals surface area contributed by atoms with Gasteiger partial charge < -0.3 is 10.6 Å². The summed E-state index contributed by atoms with van der Waals surface area (Å²) in [5.41, 5.74) is 5.19. The van der Waals surface area contributed by atoms with Gasteiger partial charge in [0.25, 0.3) is 11.8 Å². The highest BCUT2D eigenvalue weighted by atomic mass is 32.2. The van der Waals surface area contributed by atoms with Gasteiger partial charge in [-0.3, -0.25) is 20.4 Å². The average Bonchev–Trinajstić information content (AvgIpc) is 2.82. The molecule has 4 amide bonds. The quantitative estimate of drug-likeness (QED) is 0.401. The molecule has 0 heterocycles. The minimum atomic E-state index is -3.74. The van der Waals surface area contributed by atoms with Crippen molar-refractivity contribution in [3.8, 4) is 0 Å². The standard InChI is InChI=1S/C23H31N5O5S/c1-5-28(6-2)34(32,33)19-14-10-11-17(15-19)21(29)26-27-22(30)20(16(3)4)25-23(31)24-18-12-8-7-9-13-18/h7-16,20H,5-6H2,1-4H3,(H,26,29)(H,27,30)(H2,24,25,31). The number of hydrazine groups is 1. The summed E-state index contributed by atoms with van der Waals surface area (Å²) in [6.45, 7) is 7.55. The molecule has 0 aliphatic heterocycles. The van der Waals surface area contributed by atoms with E-state index in [9.17, 15) is 22.8 Å². The normalized spacial score (nSPS) is 12.2. The number of urea groups is 1. The number of amides is 4. The number of hydrogen-bond acceptors (Lipinski definition) is 5. The Morgan fingerprint density at radius 2 is 1.56 bits per heavy atom. The maximum Gasteiger partial charge on any atom is 0.319 e. The number of benzene rings is 2. The molecule has 0 fully saturated rings. The molecule has 184 valence electrons. The number of anilines is 1. The largest absolute Gasteiger partial charge is 0.326 e. The van der Waals surface area contributed by atoms with Crippen molar-refractivity contribution in [2.24, 2.45) is 5.92 Å². The highest BCUT2D eigenvalue weighted by Crippen LogP contribution is 2.17. The monoisotopic (exact) mass is 489 g/mol. The number of nitrogens with zero attached hydrogens (tertiary/aromatic N) is 1. The van der Waals surface area contributed by atoms with E-state index in [0.29, 0.717) is 18.8 Å². The van der Waals surface area contributed by atoms with Crippen molar-refractivity contribution >= 4 is 33.6 Å². The zero-order chi connectivity index (χ0) is 25.3. The number of nitrogens with one attached hydrogen (secondary N) is 4. The highest BCUT2D eigenvalue weighted by molar-refractivity contribution is 7.89. The van der Waals surface area contributed by atoms with E-state index in [1.54, 1.807) is 52.0 Å². The van der Waals surface area contributed by atoms with E-state index < -0.39 is 33.9 Å². The van der Waals surface area contributed by atoms with Crippen LogP contribution in [-0.4, -0.2) is 49.7 Å². The Balaban J connectivity index is 2.03. The first kappa shape index (κ1) is 26.8.